The van der Waals surface area contributed by atoms with Gasteiger partial charge in [0.1, 0.15) is 11.3 Å². The topological polar surface area (TPSA) is 137 Å². The molecule has 150 valence electrons. The first kappa shape index (κ1) is 21.0. The Bertz CT molecular complexity index is 875. The number of anilines is 1. The predicted molar refractivity (Wildman–Crippen MR) is 103 cm³/mol. The molecule has 1 atom stereocenters. The van der Waals surface area contributed by atoms with Crippen molar-refractivity contribution in [3.8, 4) is 0 Å². The van der Waals surface area contributed by atoms with Crippen molar-refractivity contribution in [2.45, 2.75) is 46.1 Å². The minimum Gasteiger partial charge on any atom is -0.460 e. The molecule has 0 saturated carbocycles. The summed E-state index contributed by atoms with van der Waals surface area (Å²) in [4.78, 5) is 32.0. The molecule has 1 N–H and O–H groups in total. The van der Waals surface area contributed by atoms with Crippen LogP contribution in [0.5, 0.6) is 0 Å². The number of esters is 1. The maximum Gasteiger partial charge on any atom is 0.303 e. The molecule has 0 radical (unpaired) electrons. The minimum atomic E-state index is -0.703. The Labute approximate surface area is 161 Å². The van der Waals surface area contributed by atoms with Crippen LogP contribution in [0.4, 0.5) is 17.1 Å². The zero-order valence-electron chi connectivity index (χ0n) is 16.1. The predicted octanol–water partition coefficient (Wildman–Crippen LogP) is 3.97. The van der Waals surface area contributed by atoms with Gasteiger partial charge in [0.15, 0.2) is 0 Å². The van der Waals surface area contributed by atoms with Gasteiger partial charge in [-0.25, -0.2) is 0 Å². The van der Waals surface area contributed by atoms with E-state index in [1.165, 1.54) is 19.1 Å². The molecule has 0 aromatic heterocycles. The second kappa shape index (κ2) is 8.15. The van der Waals surface area contributed by atoms with Crippen LogP contribution in [0.3, 0.4) is 0 Å². The highest BCUT2D eigenvalue weighted by atomic mass is 16.6. The molecular weight excluding hydrogens is 368 g/mol. The second-order valence-electron chi connectivity index (χ2n) is 7.11. The van der Waals surface area contributed by atoms with E-state index in [2.05, 4.69) is 10.5 Å². The van der Waals surface area contributed by atoms with Crippen LogP contribution >= 0.6 is 0 Å². The summed E-state index contributed by atoms with van der Waals surface area (Å²) in [6.07, 6.45) is 3.20. The summed E-state index contributed by atoms with van der Waals surface area (Å²) < 4.78 is 5.41. The smallest absolute Gasteiger partial charge is 0.303 e. The number of non-ortho nitro benzene ring substituents is 1. The molecule has 0 spiro atoms. The molecule has 1 aromatic carbocycles. The first-order valence-corrected chi connectivity index (χ1v) is 8.63. The van der Waals surface area contributed by atoms with Crippen LogP contribution in [0.25, 0.3) is 0 Å². The molecule has 0 fully saturated rings. The Morgan fingerprint density at radius 1 is 1.29 bits per heavy atom. The molecule has 28 heavy (non-hydrogen) atoms. The Morgan fingerprint density at radius 3 is 2.54 bits per heavy atom. The van der Waals surface area contributed by atoms with E-state index in [0.29, 0.717) is 18.6 Å². The van der Waals surface area contributed by atoms with Crippen molar-refractivity contribution in [1.82, 2.24) is 0 Å². The normalized spacial score (nSPS) is 18.4. The number of benzene rings is 1. The first-order valence-electron chi connectivity index (χ1n) is 8.63. The Kier molecular flexibility index (Phi) is 6.12. The molecule has 0 amide bonds. The van der Waals surface area contributed by atoms with Crippen molar-refractivity contribution < 1.29 is 19.4 Å². The maximum absolute atomic E-state index is 11.3. The molecule has 0 saturated heterocycles. The van der Waals surface area contributed by atoms with E-state index in [-0.39, 0.29) is 23.3 Å². The average molecular weight is 390 g/mol. The molecule has 2 rings (SSSR count). The van der Waals surface area contributed by atoms with Crippen LogP contribution in [0.1, 0.15) is 40.5 Å². The van der Waals surface area contributed by atoms with Crippen molar-refractivity contribution in [2.75, 3.05) is 5.43 Å². The Balaban J connectivity index is 2.27. The lowest BCUT2D eigenvalue weighted by Gasteiger charge is -2.35. The van der Waals surface area contributed by atoms with E-state index in [4.69, 9.17) is 4.74 Å². The number of allylic oxidation sites excluding steroid dienone is 2. The monoisotopic (exact) mass is 390 g/mol. The van der Waals surface area contributed by atoms with Gasteiger partial charge in [-0.1, -0.05) is 6.08 Å². The molecular formula is C18H22N4O6. The largest absolute Gasteiger partial charge is 0.460 e. The lowest BCUT2D eigenvalue weighted by atomic mass is 9.78. The molecule has 1 aliphatic carbocycles. The summed E-state index contributed by atoms with van der Waals surface area (Å²) in [5, 5.41) is 26.3. The van der Waals surface area contributed by atoms with Crippen molar-refractivity contribution in [3.63, 3.8) is 0 Å². The second-order valence-corrected chi connectivity index (χ2v) is 7.11. The van der Waals surface area contributed by atoms with Gasteiger partial charge in [0.05, 0.1) is 21.6 Å². The fraction of sp³-hybridized carbons (Fsp3) is 0.444. The van der Waals surface area contributed by atoms with E-state index in [0.717, 1.165) is 11.6 Å². The fourth-order valence-electron chi connectivity index (χ4n) is 3.04. The number of hydrazone groups is 1. The van der Waals surface area contributed by atoms with Gasteiger partial charge in [-0.2, -0.15) is 5.10 Å². The lowest BCUT2D eigenvalue weighted by molar-refractivity contribution is -0.393. The number of nitro benzene ring substituents is 2. The summed E-state index contributed by atoms with van der Waals surface area (Å²) in [6, 6.07) is 3.31. The molecule has 0 unspecified atom stereocenters. The molecule has 1 aromatic rings. The summed E-state index contributed by atoms with van der Waals surface area (Å²) in [7, 11) is 0. The number of carbonyl (C=O) groups excluding carboxylic acids is 1. The van der Waals surface area contributed by atoms with E-state index in [1.807, 2.05) is 26.8 Å². The van der Waals surface area contributed by atoms with E-state index in [9.17, 15) is 25.0 Å². The quantitative estimate of drug-likeness (QED) is 0.441. The number of ether oxygens (including phenoxy) is 1. The first-order chi connectivity index (χ1) is 13.0. The molecule has 10 heteroatoms. The third-order valence-electron chi connectivity index (χ3n) is 4.69. The van der Waals surface area contributed by atoms with Crippen molar-refractivity contribution in [3.05, 3.63) is 50.1 Å². The summed E-state index contributed by atoms with van der Waals surface area (Å²) in [5.41, 5.74) is 2.78. The lowest BCUT2D eigenvalue weighted by Crippen LogP contribution is -2.38. The number of nitrogens with one attached hydrogen (secondary N) is 1. The Morgan fingerprint density at radius 2 is 1.96 bits per heavy atom. The third-order valence-corrected chi connectivity index (χ3v) is 4.69. The van der Waals surface area contributed by atoms with Crippen molar-refractivity contribution >= 4 is 28.7 Å². The number of hydrogen-bond donors (Lipinski definition) is 1. The highest BCUT2D eigenvalue weighted by molar-refractivity contribution is 6.01. The van der Waals surface area contributed by atoms with Crippen LogP contribution in [0.2, 0.25) is 0 Å². The number of hydrogen-bond acceptors (Lipinski definition) is 8. The number of carbonyl (C=O) groups is 1. The van der Waals surface area contributed by atoms with E-state index in [1.54, 1.807) is 0 Å². The highest BCUT2D eigenvalue weighted by Crippen LogP contribution is 2.34. The summed E-state index contributed by atoms with van der Waals surface area (Å²) >= 11 is 0. The number of nitro groups is 2. The summed E-state index contributed by atoms with van der Waals surface area (Å²) in [6.45, 7) is 6.90. The molecule has 1 aliphatic rings. The highest BCUT2D eigenvalue weighted by Gasteiger charge is 2.35. The molecule has 10 nitrogen and oxygen atoms in total. The van der Waals surface area contributed by atoms with Gasteiger partial charge < -0.3 is 4.74 Å². The zero-order chi connectivity index (χ0) is 21.1. The van der Waals surface area contributed by atoms with Crippen LogP contribution in [0.15, 0.2) is 34.9 Å². The molecule has 0 bridgehead atoms. The van der Waals surface area contributed by atoms with Gasteiger partial charge in [0.25, 0.3) is 5.69 Å². The van der Waals surface area contributed by atoms with Crippen LogP contribution in [-0.2, 0) is 9.53 Å². The standard InChI is InChI=1S/C18H22N4O6/c1-11-5-6-13(18(3,4)28-12(2)23)9-16(11)20-19-15-8-7-14(21(24)25)10-17(15)22(26)27/h5,7-8,10,13,19H,6,9H2,1-4H3/b20-16-/t13-/m0/s1. The van der Waals surface area contributed by atoms with E-state index < -0.39 is 21.1 Å². The van der Waals surface area contributed by atoms with Gasteiger partial charge in [-0.05, 0) is 45.3 Å². The molecule has 0 heterocycles. The average Bonchev–Trinajstić information content (AvgIpc) is 2.59. The van der Waals surface area contributed by atoms with E-state index >= 15 is 0 Å². The maximum atomic E-state index is 11.3. The summed E-state index contributed by atoms with van der Waals surface area (Å²) in [5.74, 6) is -0.373. The van der Waals surface area contributed by atoms with Crippen LogP contribution in [0, 0.1) is 26.1 Å². The Hall–Kier alpha value is -3.30. The van der Waals surface area contributed by atoms with Gasteiger partial charge in [-0.15, -0.1) is 0 Å². The number of rotatable bonds is 6. The SMILES string of the molecule is CC(=O)OC(C)(C)[C@H]1CC=C(C)/C(=N\Nc2ccc([N+](=O)[O-])cc2[N+](=O)[O-])C1. The van der Waals surface area contributed by atoms with Gasteiger partial charge in [0, 0.05) is 18.9 Å². The minimum absolute atomic E-state index is 0.00695. The van der Waals surface area contributed by atoms with Crippen molar-refractivity contribution in [2.24, 2.45) is 11.0 Å². The number of nitrogens with zero attached hydrogens (tertiary/aromatic N) is 3. The van der Waals surface area contributed by atoms with Gasteiger partial charge in [0.2, 0.25) is 0 Å². The van der Waals surface area contributed by atoms with Gasteiger partial charge in [-0.3, -0.25) is 30.4 Å². The van der Waals surface area contributed by atoms with Crippen LogP contribution in [-0.4, -0.2) is 27.1 Å². The van der Waals surface area contributed by atoms with Crippen LogP contribution < -0.4 is 5.43 Å². The molecule has 0 aliphatic heterocycles. The zero-order valence-corrected chi connectivity index (χ0v) is 16.1. The third kappa shape index (κ3) is 4.90. The fourth-order valence-corrected chi connectivity index (χ4v) is 3.04. The van der Waals surface area contributed by atoms with Gasteiger partial charge >= 0.3 is 11.7 Å². The van der Waals surface area contributed by atoms with Crippen molar-refractivity contribution in [1.29, 1.82) is 0 Å².